The highest BCUT2D eigenvalue weighted by atomic mass is 32.2. The summed E-state index contributed by atoms with van der Waals surface area (Å²) in [6, 6.07) is 12.1. The van der Waals surface area contributed by atoms with Crippen LogP contribution in [0.5, 0.6) is 11.5 Å². The van der Waals surface area contributed by atoms with Crippen LogP contribution < -0.4 is 9.47 Å². The van der Waals surface area contributed by atoms with E-state index in [4.69, 9.17) is 9.47 Å². The number of sulfonamides is 1. The molecule has 1 aliphatic heterocycles. The second kappa shape index (κ2) is 10.2. The first-order chi connectivity index (χ1) is 14.8. The highest BCUT2D eigenvalue weighted by Crippen LogP contribution is 2.25. The molecule has 1 saturated heterocycles. The molecule has 0 bridgehead atoms. The number of piperidine rings is 1. The van der Waals surface area contributed by atoms with Gasteiger partial charge in [0.2, 0.25) is 10.0 Å². The van der Waals surface area contributed by atoms with E-state index in [9.17, 15) is 13.2 Å². The number of hydrogen-bond acceptors (Lipinski definition) is 5. The summed E-state index contributed by atoms with van der Waals surface area (Å²) in [5, 5.41) is 0. The SMILES string of the molecule is COc1ccc(OCCN(C)C(=O)c2ccc(C)c(S(=O)(=O)N3CCCCC3)c2)cc1. The second-order valence-corrected chi connectivity index (χ2v) is 9.60. The van der Waals surface area contributed by atoms with Gasteiger partial charge < -0.3 is 14.4 Å². The Hall–Kier alpha value is -2.58. The molecule has 0 N–H and O–H groups in total. The fourth-order valence-electron chi connectivity index (χ4n) is 3.55. The summed E-state index contributed by atoms with van der Waals surface area (Å²) in [4.78, 5) is 14.6. The van der Waals surface area contributed by atoms with Crippen LogP contribution in [0, 0.1) is 6.92 Å². The van der Waals surface area contributed by atoms with Crippen molar-refractivity contribution in [2.75, 3.05) is 40.4 Å². The first-order valence-corrected chi connectivity index (χ1v) is 11.9. The van der Waals surface area contributed by atoms with Crippen molar-refractivity contribution >= 4 is 15.9 Å². The summed E-state index contributed by atoms with van der Waals surface area (Å²) in [6.07, 6.45) is 2.79. The topological polar surface area (TPSA) is 76.1 Å². The van der Waals surface area contributed by atoms with Crippen LogP contribution in [-0.2, 0) is 10.0 Å². The number of benzene rings is 2. The van der Waals surface area contributed by atoms with Gasteiger partial charge in [-0.2, -0.15) is 4.31 Å². The Labute approximate surface area is 184 Å². The summed E-state index contributed by atoms with van der Waals surface area (Å²) < 4.78 is 38.5. The van der Waals surface area contributed by atoms with E-state index in [2.05, 4.69) is 0 Å². The smallest absolute Gasteiger partial charge is 0.253 e. The molecule has 0 atom stereocenters. The molecule has 2 aromatic carbocycles. The third kappa shape index (κ3) is 5.57. The van der Waals surface area contributed by atoms with Gasteiger partial charge in [-0.3, -0.25) is 4.79 Å². The van der Waals surface area contributed by atoms with Gasteiger partial charge in [0.15, 0.2) is 0 Å². The molecule has 0 saturated carbocycles. The molecule has 1 amide bonds. The first-order valence-electron chi connectivity index (χ1n) is 10.5. The molecular formula is C23H30N2O5S. The van der Waals surface area contributed by atoms with Crippen LogP contribution in [0.25, 0.3) is 0 Å². The van der Waals surface area contributed by atoms with Gasteiger partial charge in [-0.05, 0) is 61.7 Å². The summed E-state index contributed by atoms with van der Waals surface area (Å²) in [5.41, 5.74) is 1.00. The zero-order chi connectivity index (χ0) is 22.4. The molecule has 168 valence electrons. The van der Waals surface area contributed by atoms with E-state index in [1.54, 1.807) is 57.5 Å². The van der Waals surface area contributed by atoms with Crippen molar-refractivity contribution in [2.24, 2.45) is 0 Å². The Bertz CT molecular complexity index is 999. The largest absolute Gasteiger partial charge is 0.497 e. The maximum atomic E-state index is 13.1. The van der Waals surface area contributed by atoms with E-state index in [-0.39, 0.29) is 10.8 Å². The number of carbonyl (C=O) groups excluding carboxylic acids is 1. The maximum Gasteiger partial charge on any atom is 0.253 e. The average Bonchev–Trinajstić information content (AvgIpc) is 2.79. The first kappa shape index (κ1) is 23.1. The molecular weight excluding hydrogens is 416 g/mol. The lowest BCUT2D eigenvalue weighted by molar-refractivity contribution is 0.0773. The minimum atomic E-state index is -3.61. The Morgan fingerprint density at radius 1 is 1.03 bits per heavy atom. The minimum absolute atomic E-state index is 0.211. The zero-order valence-corrected chi connectivity index (χ0v) is 19.2. The molecule has 2 aromatic rings. The van der Waals surface area contributed by atoms with Crippen molar-refractivity contribution in [1.29, 1.82) is 0 Å². The lowest BCUT2D eigenvalue weighted by Gasteiger charge is -2.27. The van der Waals surface area contributed by atoms with E-state index in [0.717, 1.165) is 25.0 Å². The monoisotopic (exact) mass is 446 g/mol. The third-order valence-electron chi connectivity index (χ3n) is 5.47. The molecule has 0 radical (unpaired) electrons. The average molecular weight is 447 g/mol. The lowest BCUT2D eigenvalue weighted by atomic mass is 10.1. The van der Waals surface area contributed by atoms with Gasteiger partial charge >= 0.3 is 0 Å². The van der Waals surface area contributed by atoms with E-state index < -0.39 is 10.0 Å². The number of hydrogen-bond donors (Lipinski definition) is 0. The van der Waals surface area contributed by atoms with E-state index >= 15 is 0 Å². The molecule has 0 aromatic heterocycles. The zero-order valence-electron chi connectivity index (χ0n) is 18.3. The molecule has 0 spiro atoms. The van der Waals surface area contributed by atoms with Gasteiger partial charge in [0.25, 0.3) is 5.91 Å². The number of aryl methyl sites for hydroxylation is 1. The number of carbonyl (C=O) groups is 1. The molecule has 31 heavy (non-hydrogen) atoms. The second-order valence-electron chi connectivity index (χ2n) is 7.70. The summed E-state index contributed by atoms with van der Waals surface area (Å²) in [7, 11) is -0.325. The Kier molecular flexibility index (Phi) is 7.56. The fraction of sp³-hybridized carbons (Fsp3) is 0.435. The van der Waals surface area contributed by atoms with Crippen molar-refractivity contribution in [3.8, 4) is 11.5 Å². The Balaban J connectivity index is 1.65. The molecule has 7 nitrogen and oxygen atoms in total. The molecule has 3 rings (SSSR count). The molecule has 1 aliphatic rings. The number of methoxy groups -OCH3 is 1. The van der Waals surface area contributed by atoms with Crippen molar-refractivity contribution in [3.63, 3.8) is 0 Å². The number of likely N-dealkylation sites (N-methyl/N-ethyl adjacent to an activating group) is 1. The quantitative estimate of drug-likeness (QED) is 0.622. The highest BCUT2D eigenvalue weighted by molar-refractivity contribution is 7.89. The number of nitrogens with zero attached hydrogens (tertiary/aromatic N) is 2. The number of rotatable bonds is 8. The predicted octanol–water partition coefficient (Wildman–Crippen LogP) is 3.33. The maximum absolute atomic E-state index is 13.1. The minimum Gasteiger partial charge on any atom is -0.497 e. The van der Waals surface area contributed by atoms with Gasteiger partial charge in [-0.25, -0.2) is 8.42 Å². The molecule has 0 unspecified atom stereocenters. The Morgan fingerprint density at radius 3 is 2.32 bits per heavy atom. The van der Waals surface area contributed by atoms with E-state index in [1.165, 1.54) is 15.3 Å². The van der Waals surface area contributed by atoms with Gasteiger partial charge in [0.1, 0.15) is 18.1 Å². The van der Waals surface area contributed by atoms with Crippen LogP contribution in [0.1, 0.15) is 35.2 Å². The van der Waals surface area contributed by atoms with Crippen molar-refractivity contribution < 1.29 is 22.7 Å². The summed E-state index contributed by atoms with van der Waals surface area (Å²) in [6.45, 7) is 3.51. The number of ether oxygens (including phenoxy) is 2. The molecule has 0 aliphatic carbocycles. The lowest BCUT2D eigenvalue weighted by Crippen LogP contribution is -2.36. The highest BCUT2D eigenvalue weighted by Gasteiger charge is 2.28. The van der Waals surface area contributed by atoms with Crippen LogP contribution in [0.2, 0.25) is 0 Å². The molecule has 8 heteroatoms. The van der Waals surface area contributed by atoms with Gasteiger partial charge in [0.05, 0.1) is 18.6 Å². The van der Waals surface area contributed by atoms with Gasteiger partial charge in [-0.1, -0.05) is 12.5 Å². The van der Waals surface area contributed by atoms with Crippen LogP contribution in [-0.4, -0.2) is 63.9 Å². The Morgan fingerprint density at radius 2 is 1.68 bits per heavy atom. The molecule has 1 heterocycles. The van der Waals surface area contributed by atoms with Crippen LogP contribution in [0.15, 0.2) is 47.4 Å². The van der Waals surface area contributed by atoms with Crippen molar-refractivity contribution in [1.82, 2.24) is 9.21 Å². The van der Waals surface area contributed by atoms with Crippen LogP contribution >= 0.6 is 0 Å². The van der Waals surface area contributed by atoms with E-state index in [0.29, 0.717) is 43.1 Å². The van der Waals surface area contributed by atoms with Gasteiger partial charge in [0, 0.05) is 25.7 Å². The third-order valence-corrected chi connectivity index (χ3v) is 7.51. The number of amides is 1. The van der Waals surface area contributed by atoms with E-state index in [1.807, 2.05) is 0 Å². The summed E-state index contributed by atoms with van der Waals surface area (Å²) in [5.74, 6) is 1.19. The molecule has 1 fully saturated rings. The van der Waals surface area contributed by atoms with Crippen molar-refractivity contribution in [3.05, 3.63) is 53.6 Å². The van der Waals surface area contributed by atoms with Crippen molar-refractivity contribution in [2.45, 2.75) is 31.1 Å². The summed E-state index contributed by atoms with van der Waals surface area (Å²) >= 11 is 0. The predicted molar refractivity (Wildman–Crippen MR) is 119 cm³/mol. The van der Waals surface area contributed by atoms with Crippen LogP contribution in [0.3, 0.4) is 0 Å². The normalized spacial score (nSPS) is 14.8. The standard InChI is InChI=1S/C23H30N2O5S/c1-18-7-8-19(17-22(18)31(27,28)25-13-5-4-6-14-25)23(26)24(2)15-16-30-21-11-9-20(29-3)10-12-21/h7-12,17H,4-6,13-16H2,1-3H3. The fourth-order valence-corrected chi connectivity index (χ4v) is 5.32. The van der Waals surface area contributed by atoms with Crippen LogP contribution in [0.4, 0.5) is 0 Å². The van der Waals surface area contributed by atoms with Gasteiger partial charge in [-0.15, -0.1) is 0 Å².